The molecule has 0 unspecified atom stereocenters. The second kappa shape index (κ2) is 5.01. The molecule has 0 bridgehead atoms. The Kier molecular flexibility index (Phi) is 3.36. The highest BCUT2D eigenvalue weighted by Gasteiger charge is 2.10. The third-order valence-corrected chi connectivity index (χ3v) is 4.19. The lowest BCUT2D eigenvalue weighted by Gasteiger charge is -2.06. The van der Waals surface area contributed by atoms with Gasteiger partial charge in [-0.1, -0.05) is 22.0 Å². The zero-order chi connectivity index (χ0) is 13.4. The van der Waals surface area contributed by atoms with Gasteiger partial charge in [0.1, 0.15) is 5.82 Å². The fourth-order valence-corrected chi connectivity index (χ4v) is 2.57. The predicted octanol–water partition coefficient (Wildman–Crippen LogP) is 3.35. The van der Waals surface area contributed by atoms with Crippen molar-refractivity contribution in [2.45, 2.75) is 0 Å². The van der Waals surface area contributed by atoms with Crippen LogP contribution in [0.2, 0.25) is 0 Å². The van der Waals surface area contributed by atoms with Gasteiger partial charge in [0.25, 0.3) is 5.56 Å². The number of hydrogen-bond acceptors (Lipinski definition) is 3. The fraction of sp³-hybridized carbons (Fsp3) is 0. The number of rotatable bonds is 1. The summed E-state index contributed by atoms with van der Waals surface area (Å²) in [7, 11) is 0. The zero-order valence-corrected chi connectivity index (χ0v) is 13.3. The van der Waals surface area contributed by atoms with Crippen molar-refractivity contribution in [3.05, 3.63) is 55.1 Å². The first-order valence-corrected chi connectivity index (χ1v) is 7.32. The van der Waals surface area contributed by atoms with Gasteiger partial charge in [-0.2, -0.15) is 0 Å². The minimum absolute atomic E-state index is 0.141. The molecular formula is C13H7BrIN3O. The van der Waals surface area contributed by atoms with E-state index in [-0.39, 0.29) is 5.56 Å². The van der Waals surface area contributed by atoms with Crippen molar-refractivity contribution in [3.8, 4) is 11.4 Å². The molecule has 3 rings (SSSR count). The van der Waals surface area contributed by atoms with Crippen molar-refractivity contribution in [1.29, 1.82) is 0 Å². The number of halogens is 2. The van der Waals surface area contributed by atoms with E-state index in [4.69, 9.17) is 0 Å². The molecule has 0 fully saturated rings. The van der Waals surface area contributed by atoms with Crippen LogP contribution in [0.1, 0.15) is 0 Å². The highest BCUT2D eigenvalue weighted by molar-refractivity contribution is 14.1. The first kappa shape index (κ1) is 12.7. The Morgan fingerprint density at radius 3 is 2.84 bits per heavy atom. The Labute approximate surface area is 130 Å². The summed E-state index contributed by atoms with van der Waals surface area (Å²) in [5.41, 5.74) is 1.48. The summed E-state index contributed by atoms with van der Waals surface area (Å²) < 4.78 is 1.53. The fourth-order valence-electron chi connectivity index (χ4n) is 1.85. The molecule has 6 heteroatoms. The molecule has 2 heterocycles. The van der Waals surface area contributed by atoms with Crippen molar-refractivity contribution >= 4 is 49.4 Å². The molecule has 0 saturated heterocycles. The molecule has 2 aromatic heterocycles. The van der Waals surface area contributed by atoms with Crippen molar-refractivity contribution in [2.24, 2.45) is 0 Å². The van der Waals surface area contributed by atoms with Crippen LogP contribution >= 0.6 is 38.5 Å². The largest absolute Gasteiger partial charge is 0.306 e. The number of fused-ring (bicyclic) bond motifs is 1. The molecular weight excluding hydrogens is 421 g/mol. The number of nitrogens with zero attached hydrogens (tertiary/aromatic N) is 2. The maximum absolute atomic E-state index is 11.7. The molecule has 0 saturated carbocycles. The molecule has 19 heavy (non-hydrogen) atoms. The lowest BCUT2D eigenvalue weighted by atomic mass is 10.1. The summed E-state index contributed by atoms with van der Waals surface area (Å²) >= 11 is 5.45. The Morgan fingerprint density at radius 2 is 2.05 bits per heavy atom. The van der Waals surface area contributed by atoms with E-state index in [1.807, 2.05) is 46.9 Å². The number of pyridine rings is 1. The van der Waals surface area contributed by atoms with Crippen LogP contribution in [0, 0.1) is 3.57 Å². The van der Waals surface area contributed by atoms with Crippen LogP contribution in [-0.2, 0) is 0 Å². The van der Waals surface area contributed by atoms with Gasteiger partial charge in [0.2, 0.25) is 0 Å². The molecule has 1 aromatic carbocycles. The summed E-state index contributed by atoms with van der Waals surface area (Å²) in [4.78, 5) is 23.1. The van der Waals surface area contributed by atoms with E-state index in [0.717, 1.165) is 20.9 Å². The van der Waals surface area contributed by atoms with Gasteiger partial charge >= 0.3 is 0 Å². The highest BCUT2D eigenvalue weighted by atomic mass is 127. The Hall–Kier alpha value is -1.28. The van der Waals surface area contributed by atoms with Gasteiger partial charge in [0.15, 0.2) is 0 Å². The summed E-state index contributed by atoms with van der Waals surface area (Å²) in [5, 5.41) is 0.987. The van der Waals surface area contributed by atoms with Crippen LogP contribution in [0.4, 0.5) is 0 Å². The molecule has 0 spiro atoms. The van der Waals surface area contributed by atoms with E-state index in [1.165, 1.54) is 0 Å². The number of hydrogen-bond donors (Lipinski definition) is 1. The molecule has 4 nitrogen and oxygen atoms in total. The van der Waals surface area contributed by atoms with E-state index < -0.39 is 0 Å². The molecule has 0 aliphatic carbocycles. The van der Waals surface area contributed by atoms with Crippen LogP contribution in [0.5, 0.6) is 0 Å². The SMILES string of the molecule is O=c1[nH]c(-c2ccc(Br)c3cccnc23)ncc1I. The second-order valence-corrected chi connectivity index (χ2v) is 5.92. The number of benzene rings is 1. The first-order chi connectivity index (χ1) is 9.16. The van der Waals surface area contributed by atoms with Crippen molar-refractivity contribution in [1.82, 2.24) is 15.0 Å². The predicted molar refractivity (Wildman–Crippen MR) is 86.0 cm³/mol. The molecule has 0 atom stereocenters. The van der Waals surface area contributed by atoms with Crippen LogP contribution in [-0.4, -0.2) is 15.0 Å². The Balaban J connectivity index is 2.34. The normalized spacial score (nSPS) is 10.8. The highest BCUT2D eigenvalue weighted by Crippen LogP contribution is 2.29. The van der Waals surface area contributed by atoms with E-state index >= 15 is 0 Å². The van der Waals surface area contributed by atoms with Crippen molar-refractivity contribution < 1.29 is 0 Å². The topological polar surface area (TPSA) is 58.6 Å². The molecule has 0 aliphatic heterocycles. The van der Waals surface area contributed by atoms with Gasteiger partial charge in [-0.15, -0.1) is 0 Å². The first-order valence-electron chi connectivity index (χ1n) is 5.45. The number of aromatic nitrogens is 3. The summed E-state index contributed by atoms with van der Waals surface area (Å²) in [6, 6.07) is 7.67. The number of aromatic amines is 1. The van der Waals surface area contributed by atoms with Crippen LogP contribution in [0.3, 0.4) is 0 Å². The number of H-pyrrole nitrogens is 1. The smallest absolute Gasteiger partial charge is 0.264 e. The number of nitrogens with one attached hydrogen (secondary N) is 1. The molecule has 0 amide bonds. The third kappa shape index (κ3) is 2.30. The third-order valence-electron chi connectivity index (χ3n) is 2.73. The Bertz CT molecular complexity index is 831. The van der Waals surface area contributed by atoms with Gasteiger partial charge in [0.05, 0.1) is 9.09 Å². The van der Waals surface area contributed by atoms with Crippen LogP contribution < -0.4 is 5.56 Å². The molecule has 1 N–H and O–H groups in total. The van der Waals surface area contributed by atoms with E-state index in [0.29, 0.717) is 9.39 Å². The minimum Gasteiger partial charge on any atom is -0.306 e. The maximum Gasteiger partial charge on any atom is 0.264 e. The summed E-state index contributed by atoms with van der Waals surface area (Å²) in [6.45, 7) is 0. The van der Waals surface area contributed by atoms with Gasteiger partial charge in [-0.05, 0) is 40.8 Å². The standard InChI is InChI=1S/C13H7BrIN3O/c14-9-4-3-8(11-7(9)2-1-5-16-11)12-17-6-10(15)13(19)18-12/h1-6H,(H,17,18,19). The van der Waals surface area contributed by atoms with Gasteiger partial charge in [-0.3, -0.25) is 9.78 Å². The second-order valence-electron chi connectivity index (χ2n) is 3.90. The zero-order valence-electron chi connectivity index (χ0n) is 9.52. The van der Waals surface area contributed by atoms with E-state index in [1.54, 1.807) is 12.4 Å². The van der Waals surface area contributed by atoms with Gasteiger partial charge < -0.3 is 4.98 Å². The lowest BCUT2D eigenvalue weighted by molar-refractivity contribution is 1.11. The minimum atomic E-state index is -0.141. The molecule has 94 valence electrons. The Morgan fingerprint density at radius 1 is 1.21 bits per heavy atom. The van der Waals surface area contributed by atoms with Crippen LogP contribution in [0.15, 0.2) is 45.9 Å². The van der Waals surface area contributed by atoms with E-state index in [2.05, 4.69) is 30.9 Å². The molecule has 0 radical (unpaired) electrons. The van der Waals surface area contributed by atoms with Crippen LogP contribution in [0.25, 0.3) is 22.3 Å². The average molecular weight is 428 g/mol. The molecule has 0 aliphatic rings. The lowest BCUT2D eigenvalue weighted by Crippen LogP contribution is -2.11. The summed E-state index contributed by atoms with van der Waals surface area (Å²) in [6.07, 6.45) is 3.29. The average Bonchev–Trinajstić information content (AvgIpc) is 2.43. The quantitative estimate of drug-likeness (QED) is 0.606. The van der Waals surface area contributed by atoms with Gasteiger partial charge in [-0.25, -0.2) is 4.98 Å². The summed E-state index contributed by atoms with van der Waals surface area (Å²) in [5.74, 6) is 0.529. The van der Waals surface area contributed by atoms with Crippen molar-refractivity contribution in [3.63, 3.8) is 0 Å². The monoisotopic (exact) mass is 427 g/mol. The van der Waals surface area contributed by atoms with Crippen molar-refractivity contribution in [2.75, 3.05) is 0 Å². The van der Waals surface area contributed by atoms with E-state index in [9.17, 15) is 4.79 Å². The molecule has 3 aromatic rings. The van der Waals surface area contributed by atoms with Gasteiger partial charge in [0, 0.05) is 27.8 Å². The maximum atomic E-state index is 11.7.